The molecule has 0 unspecified atom stereocenters. The van der Waals surface area contributed by atoms with E-state index in [9.17, 15) is 14.0 Å². The van der Waals surface area contributed by atoms with E-state index in [1.807, 2.05) is 13.0 Å². The van der Waals surface area contributed by atoms with Crippen LogP contribution in [0.5, 0.6) is 5.75 Å². The van der Waals surface area contributed by atoms with Crippen LogP contribution in [0.15, 0.2) is 51.7 Å². The first-order valence-electron chi connectivity index (χ1n) is 8.59. The molecule has 5 nitrogen and oxygen atoms in total. The fourth-order valence-electron chi connectivity index (χ4n) is 2.96. The lowest BCUT2D eigenvalue weighted by atomic mass is 10.0. The zero-order chi connectivity index (χ0) is 19.4. The molecule has 27 heavy (non-hydrogen) atoms. The quantitative estimate of drug-likeness (QED) is 0.675. The number of hydrogen-bond donors (Lipinski definition) is 1. The van der Waals surface area contributed by atoms with Crippen LogP contribution in [0.25, 0.3) is 11.0 Å². The summed E-state index contributed by atoms with van der Waals surface area (Å²) in [7, 11) is 1.53. The van der Waals surface area contributed by atoms with Gasteiger partial charge in [-0.1, -0.05) is 12.1 Å². The lowest BCUT2D eigenvalue weighted by Gasteiger charge is -2.11. The molecule has 0 atom stereocenters. The number of carbonyl (C=O) groups excluding carboxylic acids is 1. The maximum absolute atomic E-state index is 13.2. The number of methoxy groups -OCH3 is 1. The van der Waals surface area contributed by atoms with E-state index in [0.29, 0.717) is 23.3 Å². The van der Waals surface area contributed by atoms with Crippen molar-refractivity contribution in [2.75, 3.05) is 7.11 Å². The fourth-order valence-corrected chi connectivity index (χ4v) is 2.96. The third kappa shape index (κ3) is 4.53. The molecule has 0 bridgehead atoms. The summed E-state index contributed by atoms with van der Waals surface area (Å²) in [6.45, 7) is 2.11. The highest BCUT2D eigenvalue weighted by atomic mass is 19.1. The van der Waals surface area contributed by atoms with Gasteiger partial charge in [-0.25, -0.2) is 9.18 Å². The van der Waals surface area contributed by atoms with Crippen molar-refractivity contribution in [2.45, 2.75) is 26.3 Å². The van der Waals surface area contributed by atoms with Gasteiger partial charge in [-0.15, -0.1) is 0 Å². The van der Waals surface area contributed by atoms with E-state index in [-0.39, 0.29) is 24.7 Å². The van der Waals surface area contributed by atoms with E-state index in [1.54, 1.807) is 18.2 Å². The minimum absolute atomic E-state index is 0.141. The summed E-state index contributed by atoms with van der Waals surface area (Å²) < 4.78 is 23.8. The van der Waals surface area contributed by atoms with Gasteiger partial charge in [0.1, 0.15) is 17.1 Å². The van der Waals surface area contributed by atoms with E-state index in [1.165, 1.54) is 25.3 Å². The monoisotopic (exact) mass is 369 g/mol. The molecule has 2 aromatic carbocycles. The first-order chi connectivity index (χ1) is 13.0. The van der Waals surface area contributed by atoms with Gasteiger partial charge < -0.3 is 14.5 Å². The summed E-state index contributed by atoms with van der Waals surface area (Å²) in [5.74, 6) is 0.0941. The number of hydrogen-bond acceptors (Lipinski definition) is 4. The molecule has 140 valence electrons. The SMILES string of the molecule is COc1cc2oc(=O)cc(C)c2cc1CCC(=O)NCc1cccc(F)c1. The van der Waals surface area contributed by atoms with E-state index in [0.717, 1.165) is 16.5 Å². The largest absolute Gasteiger partial charge is 0.496 e. The van der Waals surface area contributed by atoms with Gasteiger partial charge in [0.05, 0.1) is 7.11 Å². The molecule has 0 fully saturated rings. The third-order valence-corrected chi connectivity index (χ3v) is 4.35. The summed E-state index contributed by atoms with van der Waals surface area (Å²) in [6.07, 6.45) is 0.722. The number of benzene rings is 2. The Morgan fingerprint density at radius 3 is 2.78 bits per heavy atom. The van der Waals surface area contributed by atoms with Crippen molar-refractivity contribution >= 4 is 16.9 Å². The fraction of sp³-hybridized carbons (Fsp3) is 0.238. The molecule has 0 aliphatic carbocycles. The van der Waals surface area contributed by atoms with Crippen LogP contribution < -0.4 is 15.7 Å². The molecule has 1 aromatic heterocycles. The van der Waals surface area contributed by atoms with E-state index in [2.05, 4.69) is 5.32 Å². The molecule has 3 aromatic rings. The first kappa shape index (κ1) is 18.6. The maximum atomic E-state index is 13.2. The Morgan fingerprint density at radius 1 is 1.22 bits per heavy atom. The van der Waals surface area contributed by atoms with Crippen molar-refractivity contribution in [3.63, 3.8) is 0 Å². The van der Waals surface area contributed by atoms with Gasteiger partial charge in [-0.2, -0.15) is 0 Å². The second kappa shape index (κ2) is 8.03. The van der Waals surface area contributed by atoms with Crippen LogP contribution in [0.2, 0.25) is 0 Å². The number of rotatable bonds is 6. The molecule has 1 heterocycles. The smallest absolute Gasteiger partial charge is 0.336 e. The average Bonchev–Trinajstić information content (AvgIpc) is 2.64. The highest BCUT2D eigenvalue weighted by Gasteiger charge is 2.12. The van der Waals surface area contributed by atoms with Crippen molar-refractivity contribution in [1.29, 1.82) is 0 Å². The summed E-state index contributed by atoms with van der Waals surface area (Å²) in [6, 6.07) is 11.1. The summed E-state index contributed by atoms with van der Waals surface area (Å²) in [5, 5.41) is 3.59. The summed E-state index contributed by atoms with van der Waals surface area (Å²) in [4.78, 5) is 23.7. The molecular weight excluding hydrogens is 349 g/mol. The van der Waals surface area contributed by atoms with E-state index < -0.39 is 5.63 Å². The topological polar surface area (TPSA) is 68.5 Å². The Hall–Kier alpha value is -3.15. The van der Waals surface area contributed by atoms with Crippen molar-refractivity contribution in [3.8, 4) is 5.75 Å². The standard InChI is InChI=1S/C21H20FNO4/c1-13-8-21(25)27-19-11-18(26-2)15(10-17(13)19)6-7-20(24)23-12-14-4-3-5-16(22)9-14/h3-5,8-11H,6-7,12H2,1-2H3,(H,23,24). The predicted molar refractivity (Wildman–Crippen MR) is 100 cm³/mol. The molecular formula is C21H20FNO4. The van der Waals surface area contributed by atoms with Gasteiger partial charge in [-0.3, -0.25) is 4.79 Å². The highest BCUT2D eigenvalue weighted by Crippen LogP contribution is 2.28. The Kier molecular flexibility index (Phi) is 5.54. The first-order valence-corrected chi connectivity index (χ1v) is 8.59. The molecule has 1 N–H and O–H groups in total. The Morgan fingerprint density at radius 2 is 2.04 bits per heavy atom. The van der Waals surface area contributed by atoms with Crippen LogP contribution in [-0.2, 0) is 17.8 Å². The Balaban J connectivity index is 1.70. The molecule has 0 saturated carbocycles. The lowest BCUT2D eigenvalue weighted by molar-refractivity contribution is -0.121. The normalized spacial score (nSPS) is 10.8. The van der Waals surface area contributed by atoms with E-state index >= 15 is 0 Å². The van der Waals surface area contributed by atoms with Gasteiger partial charge in [0.2, 0.25) is 5.91 Å². The molecule has 6 heteroatoms. The van der Waals surface area contributed by atoms with Gasteiger partial charge in [-0.05, 0) is 48.2 Å². The van der Waals surface area contributed by atoms with Crippen molar-refractivity contribution in [1.82, 2.24) is 5.32 Å². The predicted octanol–water partition coefficient (Wildman–Crippen LogP) is 3.50. The second-order valence-electron chi connectivity index (χ2n) is 6.32. The van der Waals surface area contributed by atoms with Crippen LogP contribution >= 0.6 is 0 Å². The Labute approximate surface area is 155 Å². The molecule has 0 aliphatic heterocycles. The number of amides is 1. The number of halogens is 1. The van der Waals surface area contributed by atoms with Gasteiger partial charge >= 0.3 is 5.63 Å². The minimum Gasteiger partial charge on any atom is -0.496 e. The van der Waals surface area contributed by atoms with Crippen molar-refractivity contribution in [3.05, 3.63) is 75.4 Å². The van der Waals surface area contributed by atoms with Crippen molar-refractivity contribution < 1.29 is 18.3 Å². The highest BCUT2D eigenvalue weighted by molar-refractivity contribution is 5.83. The number of carbonyl (C=O) groups is 1. The number of fused-ring (bicyclic) bond motifs is 1. The molecule has 3 rings (SSSR count). The molecule has 0 aliphatic rings. The van der Waals surface area contributed by atoms with Crippen LogP contribution in [0.3, 0.4) is 0 Å². The number of aryl methyl sites for hydroxylation is 2. The Bertz CT molecular complexity index is 1040. The maximum Gasteiger partial charge on any atom is 0.336 e. The number of nitrogens with one attached hydrogen (secondary N) is 1. The van der Waals surface area contributed by atoms with Crippen LogP contribution in [0, 0.1) is 12.7 Å². The van der Waals surface area contributed by atoms with Crippen LogP contribution in [-0.4, -0.2) is 13.0 Å². The lowest BCUT2D eigenvalue weighted by Crippen LogP contribution is -2.23. The number of ether oxygens (including phenoxy) is 1. The van der Waals surface area contributed by atoms with Crippen LogP contribution in [0.4, 0.5) is 4.39 Å². The van der Waals surface area contributed by atoms with Gasteiger partial charge in [0, 0.05) is 30.5 Å². The van der Waals surface area contributed by atoms with E-state index in [4.69, 9.17) is 9.15 Å². The molecule has 0 radical (unpaired) electrons. The zero-order valence-corrected chi connectivity index (χ0v) is 15.2. The molecule has 0 saturated heterocycles. The summed E-state index contributed by atoms with van der Waals surface area (Å²) in [5.41, 5.74) is 2.41. The molecule has 1 amide bonds. The zero-order valence-electron chi connectivity index (χ0n) is 15.2. The third-order valence-electron chi connectivity index (χ3n) is 4.35. The minimum atomic E-state index is -0.411. The van der Waals surface area contributed by atoms with Crippen LogP contribution in [0.1, 0.15) is 23.1 Å². The van der Waals surface area contributed by atoms with Crippen molar-refractivity contribution in [2.24, 2.45) is 0 Å². The molecule has 0 spiro atoms. The van der Waals surface area contributed by atoms with Gasteiger partial charge in [0.15, 0.2) is 0 Å². The van der Waals surface area contributed by atoms with Gasteiger partial charge in [0.25, 0.3) is 0 Å². The average molecular weight is 369 g/mol. The second-order valence-corrected chi connectivity index (χ2v) is 6.32. The summed E-state index contributed by atoms with van der Waals surface area (Å²) >= 11 is 0.